The molecular weight excluding hydrogens is 310 g/mol. The van der Waals surface area contributed by atoms with Crippen molar-refractivity contribution in [2.24, 2.45) is 4.99 Å². The fourth-order valence-corrected chi connectivity index (χ4v) is 2.18. The minimum atomic E-state index is -0.455. The van der Waals surface area contributed by atoms with Crippen LogP contribution < -0.4 is 0 Å². The molecule has 1 heterocycles. The maximum atomic E-state index is 11.8. The van der Waals surface area contributed by atoms with E-state index in [1.807, 2.05) is 49.4 Å². The summed E-state index contributed by atoms with van der Waals surface area (Å²) in [5.41, 5.74) is 3.33. The van der Waals surface area contributed by atoms with Crippen LogP contribution in [0.2, 0.25) is 5.02 Å². The van der Waals surface area contributed by atoms with Crippen LogP contribution in [0, 0.1) is 6.92 Å². The Hall–Kier alpha value is -2.65. The summed E-state index contributed by atoms with van der Waals surface area (Å²) in [6.07, 6.45) is 5.22. The van der Waals surface area contributed by atoms with Crippen LogP contribution in [-0.4, -0.2) is 11.9 Å². The number of rotatable bonds is 3. The first-order valence-corrected chi connectivity index (χ1v) is 7.51. The molecule has 0 saturated heterocycles. The molecule has 0 spiro atoms. The van der Waals surface area contributed by atoms with Gasteiger partial charge >= 0.3 is 5.97 Å². The van der Waals surface area contributed by atoms with Gasteiger partial charge in [0.15, 0.2) is 5.70 Å². The summed E-state index contributed by atoms with van der Waals surface area (Å²) >= 11 is 5.84. The van der Waals surface area contributed by atoms with E-state index in [0.29, 0.717) is 5.02 Å². The van der Waals surface area contributed by atoms with Crippen LogP contribution in [0.25, 0.3) is 12.2 Å². The summed E-state index contributed by atoms with van der Waals surface area (Å²) in [7, 11) is 0. The number of hydrogen-bond donors (Lipinski definition) is 0. The first-order chi connectivity index (χ1) is 11.1. The Morgan fingerprint density at radius 1 is 0.957 bits per heavy atom. The maximum Gasteiger partial charge on any atom is 0.363 e. The van der Waals surface area contributed by atoms with Gasteiger partial charge in [-0.1, -0.05) is 53.6 Å². The molecule has 3 rings (SSSR count). The summed E-state index contributed by atoms with van der Waals surface area (Å²) in [6.45, 7) is 2.03. The fraction of sp³-hybridized carbons (Fsp3) is 0.0526. The number of ether oxygens (including phenoxy) is 1. The first-order valence-electron chi connectivity index (χ1n) is 7.13. The third-order valence-electron chi connectivity index (χ3n) is 3.31. The average molecular weight is 324 g/mol. The van der Waals surface area contributed by atoms with Gasteiger partial charge in [0.05, 0.1) is 0 Å². The molecule has 3 nitrogen and oxygen atoms in total. The lowest BCUT2D eigenvalue weighted by Gasteiger charge is -1.95. The normalized spacial score (nSPS) is 16.0. The van der Waals surface area contributed by atoms with Gasteiger partial charge in [-0.05, 0) is 42.3 Å². The number of aliphatic imine (C=N–C) groups is 1. The van der Waals surface area contributed by atoms with Crippen LogP contribution in [0.5, 0.6) is 0 Å². The second-order valence-electron chi connectivity index (χ2n) is 5.16. The number of halogens is 1. The lowest BCUT2D eigenvalue weighted by atomic mass is 10.1. The van der Waals surface area contributed by atoms with Crippen molar-refractivity contribution in [1.29, 1.82) is 0 Å². The minimum absolute atomic E-state index is 0.274. The van der Waals surface area contributed by atoms with Crippen LogP contribution in [0.3, 0.4) is 0 Å². The molecule has 0 atom stereocenters. The molecule has 0 fully saturated rings. The number of cyclic esters (lactones) is 1. The number of carbonyl (C=O) groups is 1. The van der Waals surface area contributed by atoms with E-state index in [0.717, 1.165) is 11.1 Å². The molecule has 1 aliphatic heterocycles. The van der Waals surface area contributed by atoms with Crippen molar-refractivity contribution in [3.05, 3.63) is 82.0 Å². The Bertz CT molecular complexity index is 815. The van der Waals surface area contributed by atoms with Gasteiger partial charge < -0.3 is 4.74 Å². The standard InChI is InChI=1S/C19H14ClNO2/c1-13-2-4-14(5-3-13)8-11-18-21-17(19(22)23-18)12-15-6-9-16(20)10-7-15/h2-12H,1H3/b11-8+,17-12?. The Morgan fingerprint density at radius 2 is 1.61 bits per heavy atom. The highest BCUT2D eigenvalue weighted by atomic mass is 35.5. The zero-order valence-corrected chi connectivity index (χ0v) is 13.2. The second kappa shape index (κ2) is 6.63. The largest absolute Gasteiger partial charge is 0.403 e. The molecule has 4 heteroatoms. The number of aryl methyl sites for hydroxylation is 1. The second-order valence-corrected chi connectivity index (χ2v) is 5.60. The number of hydrogen-bond acceptors (Lipinski definition) is 3. The lowest BCUT2D eigenvalue weighted by molar-refractivity contribution is -0.129. The molecule has 0 radical (unpaired) electrons. The molecule has 114 valence electrons. The molecule has 0 aliphatic carbocycles. The molecule has 0 N–H and O–H groups in total. The van der Waals surface area contributed by atoms with Gasteiger partial charge in [-0.15, -0.1) is 0 Å². The van der Waals surface area contributed by atoms with Crippen molar-refractivity contribution < 1.29 is 9.53 Å². The van der Waals surface area contributed by atoms with E-state index in [9.17, 15) is 4.79 Å². The van der Waals surface area contributed by atoms with Gasteiger partial charge in [0.1, 0.15) is 0 Å². The molecule has 23 heavy (non-hydrogen) atoms. The van der Waals surface area contributed by atoms with Crippen LogP contribution in [0.15, 0.2) is 65.3 Å². The summed E-state index contributed by atoms with van der Waals surface area (Å²) in [5, 5.41) is 0.645. The van der Waals surface area contributed by atoms with Crippen LogP contribution in [-0.2, 0) is 9.53 Å². The van der Waals surface area contributed by atoms with E-state index < -0.39 is 5.97 Å². The van der Waals surface area contributed by atoms with Crippen molar-refractivity contribution >= 4 is 35.6 Å². The first kappa shape index (κ1) is 15.3. The van der Waals surface area contributed by atoms with Crippen LogP contribution >= 0.6 is 11.6 Å². The minimum Gasteiger partial charge on any atom is -0.403 e. The van der Waals surface area contributed by atoms with E-state index in [-0.39, 0.29) is 11.6 Å². The number of nitrogens with zero attached hydrogens (tertiary/aromatic N) is 1. The fourth-order valence-electron chi connectivity index (χ4n) is 2.06. The van der Waals surface area contributed by atoms with Crippen LogP contribution in [0.1, 0.15) is 16.7 Å². The Morgan fingerprint density at radius 3 is 2.30 bits per heavy atom. The smallest absolute Gasteiger partial charge is 0.363 e. The van der Waals surface area contributed by atoms with E-state index >= 15 is 0 Å². The van der Waals surface area contributed by atoms with Gasteiger partial charge in [0.2, 0.25) is 5.90 Å². The highest BCUT2D eigenvalue weighted by molar-refractivity contribution is 6.30. The third kappa shape index (κ3) is 3.96. The SMILES string of the molecule is Cc1ccc(/C=C/C2=NC(=Cc3ccc(Cl)cc3)C(=O)O2)cc1. The average Bonchev–Trinajstić information content (AvgIpc) is 2.89. The number of esters is 1. The summed E-state index contributed by atoms with van der Waals surface area (Å²) in [6, 6.07) is 15.2. The summed E-state index contributed by atoms with van der Waals surface area (Å²) in [4.78, 5) is 16.1. The lowest BCUT2D eigenvalue weighted by Crippen LogP contribution is -2.01. The van der Waals surface area contributed by atoms with Gasteiger partial charge in [-0.3, -0.25) is 0 Å². The topological polar surface area (TPSA) is 38.7 Å². The quantitative estimate of drug-likeness (QED) is 0.608. The van der Waals surface area contributed by atoms with E-state index in [1.54, 1.807) is 24.3 Å². The number of carbonyl (C=O) groups excluding carboxylic acids is 1. The Balaban J connectivity index is 1.78. The number of benzene rings is 2. The van der Waals surface area contributed by atoms with Crippen molar-refractivity contribution in [3.8, 4) is 0 Å². The van der Waals surface area contributed by atoms with Gasteiger partial charge in [0, 0.05) is 11.1 Å². The van der Waals surface area contributed by atoms with Crippen molar-refractivity contribution in [1.82, 2.24) is 0 Å². The molecule has 0 bridgehead atoms. The predicted molar refractivity (Wildman–Crippen MR) is 93.2 cm³/mol. The summed E-state index contributed by atoms with van der Waals surface area (Å²) < 4.78 is 5.15. The predicted octanol–water partition coefficient (Wildman–Crippen LogP) is 4.66. The van der Waals surface area contributed by atoms with E-state index in [1.165, 1.54) is 5.56 Å². The van der Waals surface area contributed by atoms with Crippen molar-refractivity contribution in [2.45, 2.75) is 6.92 Å². The molecular formula is C19H14ClNO2. The third-order valence-corrected chi connectivity index (χ3v) is 3.56. The molecule has 0 saturated carbocycles. The van der Waals surface area contributed by atoms with Crippen molar-refractivity contribution in [2.75, 3.05) is 0 Å². The molecule has 2 aromatic carbocycles. The Labute approximate surface area is 139 Å². The van der Waals surface area contributed by atoms with Gasteiger partial charge in [-0.2, -0.15) is 0 Å². The zero-order valence-electron chi connectivity index (χ0n) is 12.5. The molecule has 0 amide bonds. The Kier molecular flexibility index (Phi) is 4.40. The maximum absolute atomic E-state index is 11.8. The highest BCUT2D eigenvalue weighted by Gasteiger charge is 2.20. The molecule has 0 aromatic heterocycles. The van der Waals surface area contributed by atoms with E-state index in [2.05, 4.69) is 4.99 Å². The molecule has 1 aliphatic rings. The highest BCUT2D eigenvalue weighted by Crippen LogP contribution is 2.18. The van der Waals surface area contributed by atoms with Gasteiger partial charge in [0.25, 0.3) is 0 Å². The van der Waals surface area contributed by atoms with Crippen LogP contribution in [0.4, 0.5) is 0 Å². The summed E-state index contributed by atoms with van der Waals surface area (Å²) in [5.74, 6) is -0.167. The monoisotopic (exact) mass is 323 g/mol. The van der Waals surface area contributed by atoms with E-state index in [4.69, 9.17) is 16.3 Å². The zero-order chi connectivity index (χ0) is 16.2. The van der Waals surface area contributed by atoms with Gasteiger partial charge in [-0.25, -0.2) is 9.79 Å². The van der Waals surface area contributed by atoms with Crippen molar-refractivity contribution in [3.63, 3.8) is 0 Å². The molecule has 2 aromatic rings. The molecule has 0 unspecified atom stereocenters.